The number of rotatable bonds is 4. The Morgan fingerprint density at radius 1 is 1.60 bits per heavy atom. The number of benzene rings is 1. The second kappa shape index (κ2) is 4.90. The predicted octanol–water partition coefficient (Wildman–Crippen LogP) is 3.38. The quantitative estimate of drug-likeness (QED) is 0.835. The lowest BCUT2D eigenvalue weighted by atomic mass is 9.79. The van der Waals surface area contributed by atoms with Crippen molar-refractivity contribution < 1.29 is 4.39 Å². The third kappa shape index (κ3) is 2.47. The fourth-order valence-corrected chi connectivity index (χ4v) is 1.96. The summed E-state index contributed by atoms with van der Waals surface area (Å²) in [5, 5.41) is 0. The molecule has 1 rings (SSSR count). The number of halogens is 2. The highest BCUT2D eigenvalue weighted by atomic mass is 79.9. The maximum atomic E-state index is 13.9. The molecule has 0 amide bonds. The maximum Gasteiger partial charge on any atom is 0.141 e. The Morgan fingerprint density at radius 3 is 2.80 bits per heavy atom. The number of allylic oxidation sites excluding steroid dienone is 1. The summed E-state index contributed by atoms with van der Waals surface area (Å²) in [6.07, 6.45) is 2.43. The van der Waals surface area contributed by atoms with Crippen LogP contribution in [-0.2, 0) is 5.41 Å². The monoisotopic (exact) mass is 271 g/mol. The summed E-state index contributed by atoms with van der Waals surface area (Å²) in [5.41, 5.74) is 5.97. The molecule has 0 saturated heterocycles. The Morgan fingerprint density at radius 2 is 2.27 bits per heavy atom. The normalized spacial score (nSPS) is 14.7. The molecule has 0 saturated carbocycles. The summed E-state index contributed by atoms with van der Waals surface area (Å²) in [5.74, 6) is -0.229. The van der Waals surface area contributed by atoms with Crippen molar-refractivity contribution in [3.05, 3.63) is 46.7 Å². The molecule has 3 heteroatoms. The van der Waals surface area contributed by atoms with Crippen LogP contribution in [0.1, 0.15) is 18.9 Å². The lowest BCUT2D eigenvalue weighted by molar-refractivity contribution is 0.456. The Bertz CT molecular complexity index is 365. The molecule has 1 aromatic carbocycles. The van der Waals surface area contributed by atoms with Gasteiger partial charge >= 0.3 is 0 Å². The minimum absolute atomic E-state index is 0.229. The molecule has 0 fully saturated rings. The molecule has 1 aromatic rings. The standard InChI is InChI=1S/C12H15BrFN/c1-3-7-12(2,8-15)9-5-4-6-10(13)11(9)14/h3-6H,1,7-8,15H2,2H3. The molecular weight excluding hydrogens is 257 g/mol. The van der Waals surface area contributed by atoms with Crippen molar-refractivity contribution in [2.24, 2.45) is 5.73 Å². The zero-order valence-corrected chi connectivity index (χ0v) is 10.3. The van der Waals surface area contributed by atoms with Gasteiger partial charge in [-0.3, -0.25) is 0 Å². The van der Waals surface area contributed by atoms with E-state index >= 15 is 0 Å². The van der Waals surface area contributed by atoms with Gasteiger partial charge in [-0.15, -0.1) is 6.58 Å². The van der Waals surface area contributed by atoms with Gasteiger partial charge in [-0.1, -0.05) is 25.1 Å². The van der Waals surface area contributed by atoms with Crippen LogP contribution in [0.15, 0.2) is 35.3 Å². The molecule has 0 aromatic heterocycles. The van der Waals surface area contributed by atoms with Crippen LogP contribution in [0.4, 0.5) is 4.39 Å². The minimum Gasteiger partial charge on any atom is -0.330 e. The van der Waals surface area contributed by atoms with E-state index in [-0.39, 0.29) is 11.2 Å². The molecule has 0 aliphatic carbocycles. The molecule has 0 aliphatic heterocycles. The fraction of sp³-hybridized carbons (Fsp3) is 0.333. The molecule has 82 valence electrons. The Kier molecular flexibility index (Phi) is 4.05. The summed E-state index contributed by atoms with van der Waals surface area (Å²) in [6.45, 7) is 6.02. The largest absolute Gasteiger partial charge is 0.330 e. The number of nitrogens with two attached hydrogens (primary N) is 1. The van der Waals surface area contributed by atoms with E-state index < -0.39 is 0 Å². The van der Waals surface area contributed by atoms with Gasteiger partial charge in [0.25, 0.3) is 0 Å². The van der Waals surface area contributed by atoms with Crippen LogP contribution in [0.3, 0.4) is 0 Å². The van der Waals surface area contributed by atoms with Crippen LogP contribution in [0.25, 0.3) is 0 Å². The Hall–Kier alpha value is -0.670. The van der Waals surface area contributed by atoms with Crippen LogP contribution >= 0.6 is 15.9 Å². The van der Waals surface area contributed by atoms with E-state index in [4.69, 9.17) is 5.73 Å². The molecule has 15 heavy (non-hydrogen) atoms. The van der Waals surface area contributed by atoms with Gasteiger partial charge < -0.3 is 5.73 Å². The molecule has 1 atom stereocenters. The zero-order valence-electron chi connectivity index (χ0n) is 8.76. The first-order valence-corrected chi connectivity index (χ1v) is 5.60. The van der Waals surface area contributed by atoms with Crippen LogP contribution in [0.5, 0.6) is 0 Å². The molecular formula is C12H15BrFN. The Balaban J connectivity index is 3.23. The Labute approximate surface area is 98.3 Å². The lowest BCUT2D eigenvalue weighted by Gasteiger charge is -2.27. The van der Waals surface area contributed by atoms with Crippen molar-refractivity contribution in [1.82, 2.24) is 0 Å². The van der Waals surface area contributed by atoms with Crippen molar-refractivity contribution >= 4 is 15.9 Å². The molecule has 0 radical (unpaired) electrons. The second-order valence-corrected chi connectivity index (χ2v) is 4.71. The zero-order chi connectivity index (χ0) is 11.5. The van der Waals surface area contributed by atoms with E-state index in [0.29, 0.717) is 23.0 Å². The maximum absolute atomic E-state index is 13.9. The van der Waals surface area contributed by atoms with E-state index in [1.165, 1.54) is 0 Å². The fourth-order valence-electron chi connectivity index (χ4n) is 1.59. The van der Waals surface area contributed by atoms with Crippen LogP contribution in [0.2, 0.25) is 0 Å². The van der Waals surface area contributed by atoms with E-state index in [0.717, 1.165) is 0 Å². The van der Waals surface area contributed by atoms with Gasteiger partial charge in [0.05, 0.1) is 4.47 Å². The molecule has 1 unspecified atom stereocenters. The van der Waals surface area contributed by atoms with Crippen LogP contribution in [-0.4, -0.2) is 6.54 Å². The summed E-state index contributed by atoms with van der Waals surface area (Å²) >= 11 is 3.18. The molecule has 0 bridgehead atoms. The molecule has 0 aliphatic rings. The first-order valence-electron chi connectivity index (χ1n) is 4.80. The highest BCUT2D eigenvalue weighted by Gasteiger charge is 2.27. The van der Waals surface area contributed by atoms with Crippen molar-refractivity contribution in [2.75, 3.05) is 6.54 Å². The van der Waals surface area contributed by atoms with E-state index in [2.05, 4.69) is 22.5 Å². The summed E-state index contributed by atoms with van der Waals surface area (Å²) in [4.78, 5) is 0. The van der Waals surface area contributed by atoms with Gasteiger partial charge in [0, 0.05) is 12.0 Å². The average Bonchev–Trinajstić information content (AvgIpc) is 2.22. The van der Waals surface area contributed by atoms with Crippen molar-refractivity contribution in [3.8, 4) is 0 Å². The summed E-state index contributed by atoms with van der Waals surface area (Å²) in [6, 6.07) is 5.28. The minimum atomic E-state index is -0.379. The average molecular weight is 272 g/mol. The third-order valence-electron chi connectivity index (χ3n) is 2.65. The number of hydrogen-bond donors (Lipinski definition) is 1. The summed E-state index contributed by atoms with van der Waals surface area (Å²) < 4.78 is 14.3. The highest BCUT2D eigenvalue weighted by Crippen LogP contribution is 2.32. The van der Waals surface area contributed by atoms with E-state index in [1.54, 1.807) is 18.2 Å². The van der Waals surface area contributed by atoms with Gasteiger partial charge in [-0.05, 0) is 34.0 Å². The highest BCUT2D eigenvalue weighted by molar-refractivity contribution is 9.10. The molecule has 0 heterocycles. The van der Waals surface area contributed by atoms with Crippen LogP contribution < -0.4 is 5.73 Å². The van der Waals surface area contributed by atoms with Gasteiger partial charge in [0.2, 0.25) is 0 Å². The third-order valence-corrected chi connectivity index (χ3v) is 3.26. The first-order chi connectivity index (χ1) is 7.05. The van der Waals surface area contributed by atoms with Crippen molar-refractivity contribution in [2.45, 2.75) is 18.8 Å². The molecule has 0 spiro atoms. The van der Waals surface area contributed by atoms with Crippen molar-refractivity contribution in [1.29, 1.82) is 0 Å². The predicted molar refractivity (Wildman–Crippen MR) is 65.3 cm³/mol. The first kappa shape index (κ1) is 12.4. The van der Waals surface area contributed by atoms with E-state index in [9.17, 15) is 4.39 Å². The van der Waals surface area contributed by atoms with Gasteiger partial charge in [0.15, 0.2) is 0 Å². The topological polar surface area (TPSA) is 26.0 Å². The van der Waals surface area contributed by atoms with Gasteiger partial charge in [-0.25, -0.2) is 4.39 Å². The van der Waals surface area contributed by atoms with Gasteiger partial charge in [0.1, 0.15) is 5.82 Å². The second-order valence-electron chi connectivity index (χ2n) is 3.86. The SMILES string of the molecule is C=CCC(C)(CN)c1cccc(Br)c1F. The lowest BCUT2D eigenvalue weighted by Crippen LogP contribution is -2.32. The van der Waals surface area contributed by atoms with E-state index in [1.807, 2.05) is 13.0 Å². The van der Waals surface area contributed by atoms with Crippen molar-refractivity contribution in [3.63, 3.8) is 0 Å². The summed E-state index contributed by atoms with van der Waals surface area (Å²) in [7, 11) is 0. The number of hydrogen-bond acceptors (Lipinski definition) is 1. The van der Waals surface area contributed by atoms with Crippen LogP contribution in [0, 0.1) is 5.82 Å². The van der Waals surface area contributed by atoms with Gasteiger partial charge in [-0.2, -0.15) is 0 Å². The smallest absolute Gasteiger partial charge is 0.141 e. The molecule has 2 N–H and O–H groups in total. The molecule has 1 nitrogen and oxygen atoms in total.